The smallest absolute Gasteiger partial charge is 0.104 e. The number of thiocarbonyl (C=S) groups is 1. The maximum absolute atomic E-state index is 6.11. The molecule has 5 heteroatoms. The molecule has 0 bridgehead atoms. The Kier molecular flexibility index (Phi) is 6.26. The Hall–Kier alpha value is -0.840. The quantitative estimate of drug-likeness (QED) is 0.592. The molecule has 1 rings (SSSR count). The zero-order chi connectivity index (χ0) is 12.7. The van der Waals surface area contributed by atoms with Crippen molar-refractivity contribution in [3.8, 4) is 0 Å². The van der Waals surface area contributed by atoms with Gasteiger partial charge in [0.2, 0.25) is 0 Å². The second-order valence-electron chi connectivity index (χ2n) is 3.69. The van der Waals surface area contributed by atoms with Crippen LogP contribution in [0.25, 0.3) is 0 Å². The maximum Gasteiger partial charge on any atom is 0.104 e. The summed E-state index contributed by atoms with van der Waals surface area (Å²) in [6.45, 7) is 1.66. The summed E-state index contributed by atoms with van der Waals surface area (Å²) in [5, 5.41) is 3.91. The van der Waals surface area contributed by atoms with Crippen molar-refractivity contribution in [2.75, 3.05) is 25.6 Å². The van der Waals surface area contributed by atoms with E-state index in [-0.39, 0.29) is 0 Å². The summed E-state index contributed by atoms with van der Waals surface area (Å²) in [5.74, 6) is 0. The van der Waals surface area contributed by atoms with Crippen LogP contribution >= 0.6 is 23.8 Å². The molecule has 0 aromatic heterocycles. The second-order valence-corrected chi connectivity index (χ2v) is 4.53. The van der Waals surface area contributed by atoms with Crippen molar-refractivity contribution in [1.82, 2.24) is 0 Å². The third-order valence-corrected chi connectivity index (χ3v) is 2.89. The monoisotopic (exact) mass is 272 g/mol. The molecule has 3 nitrogen and oxygen atoms in total. The summed E-state index contributed by atoms with van der Waals surface area (Å²) in [6.07, 6.45) is 2.08. The van der Waals surface area contributed by atoms with Crippen molar-refractivity contribution in [3.63, 3.8) is 0 Å². The Balaban J connectivity index is 2.46. The van der Waals surface area contributed by atoms with Gasteiger partial charge in [0.25, 0.3) is 0 Å². The predicted molar refractivity (Wildman–Crippen MR) is 76.9 cm³/mol. The molecule has 1 aromatic carbocycles. The summed E-state index contributed by atoms with van der Waals surface area (Å²) >= 11 is 11.0. The Bertz CT molecular complexity index is 385. The van der Waals surface area contributed by atoms with Crippen molar-refractivity contribution >= 4 is 34.5 Å². The van der Waals surface area contributed by atoms with Gasteiger partial charge in [-0.1, -0.05) is 23.8 Å². The normalized spacial score (nSPS) is 10.2. The van der Waals surface area contributed by atoms with E-state index in [1.807, 2.05) is 12.1 Å². The minimum atomic E-state index is 0.360. The first-order valence-electron chi connectivity index (χ1n) is 5.47. The lowest BCUT2D eigenvalue weighted by molar-refractivity contribution is 0.194. The minimum absolute atomic E-state index is 0.360. The lowest BCUT2D eigenvalue weighted by atomic mass is 10.2. The Morgan fingerprint density at radius 3 is 2.82 bits per heavy atom. The first-order valence-corrected chi connectivity index (χ1v) is 6.26. The van der Waals surface area contributed by atoms with Gasteiger partial charge in [0.15, 0.2) is 0 Å². The van der Waals surface area contributed by atoms with Gasteiger partial charge in [-0.2, -0.15) is 0 Å². The fourth-order valence-corrected chi connectivity index (χ4v) is 1.78. The van der Waals surface area contributed by atoms with Crippen LogP contribution in [-0.4, -0.2) is 25.2 Å². The number of nitrogens with two attached hydrogens (primary N) is 1. The van der Waals surface area contributed by atoms with Crippen LogP contribution in [0.3, 0.4) is 0 Å². The number of ether oxygens (including phenoxy) is 1. The van der Waals surface area contributed by atoms with E-state index in [4.69, 9.17) is 34.3 Å². The summed E-state index contributed by atoms with van der Waals surface area (Å²) in [4.78, 5) is 0.360. The number of benzene rings is 1. The lowest BCUT2D eigenvalue weighted by Gasteiger charge is -2.09. The summed E-state index contributed by atoms with van der Waals surface area (Å²) in [7, 11) is 1.71. The van der Waals surface area contributed by atoms with E-state index >= 15 is 0 Å². The van der Waals surface area contributed by atoms with Crippen LogP contribution in [0.1, 0.15) is 18.4 Å². The standard InChI is InChI=1S/C12H17ClN2OS/c1-16-7-3-2-6-15-11-5-4-9(12(14)17)8-10(11)13/h4-5,8,15H,2-3,6-7H2,1H3,(H2,14,17). The molecule has 0 unspecified atom stereocenters. The van der Waals surface area contributed by atoms with E-state index in [2.05, 4.69) is 5.32 Å². The van der Waals surface area contributed by atoms with Gasteiger partial charge >= 0.3 is 0 Å². The minimum Gasteiger partial charge on any atom is -0.389 e. The number of rotatable bonds is 7. The van der Waals surface area contributed by atoms with Crippen molar-refractivity contribution in [2.24, 2.45) is 5.73 Å². The van der Waals surface area contributed by atoms with Crippen LogP contribution in [-0.2, 0) is 4.74 Å². The van der Waals surface area contributed by atoms with Crippen molar-refractivity contribution in [3.05, 3.63) is 28.8 Å². The van der Waals surface area contributed by atoms with Crippen LogP contribution in [0.4, 0.5) is 5.69 Å². The van der Waals surface area contributed by atoms with Gasteiger partial charge in [-0.05, 0) is 31.0 Å². The highest BCUT2D eigenvalue weighted by Gasteiger charge is 2.02. The summed E-state index contributed by atoms with van der Waals surface area (Å²) < 4.78 is 4.98. The molecule has 0 fully saturated rings. The molecule has 0 heterocycles. The van der Waals surface area contributed by atoms with Crippen LogP contribution in [0, 0.1) is 0 Å². The first kappa shape index (κ1) is 14.2. The van der Waals surface area contributed by atoms with Gasteiger partial charge in [0.05, 0.1) is 10.7 Å². The van der Waals surface area contributed by atoms with E-state index in [1.54, 1.807) is 13.2 Å². The molecule has 0 atom stereocenters. The van der Waals surface area contributed by atoms with E-state index < -0.39 is 0 Å². The molecule has 0 spiro atoms. The maximum atomic E-state index is 6.11. The highest BCUT2D eigenvalue weighted by molar-refractivity contribution is 7.80. The van der Waals surface area contributed by atoms with Gasteiger partial charge in [-0.15, -0.1) is 0 Å². The second kappa shape index (κ2) is 7.48. The van der Waals surface area contributed by atoms with Crippen LogP contribution in [0.2, 0.25) is 5.02 Å². The number of unbranched alkanes of at least 4 members (excludes halogenated alkanes) is 1. The average molecular weight is 273 g/mol. The molecule has 0 aliphatic heterocycles. The Morgan fingerprint density at radius 2 is 2.24 bits per heavy atom. The molecule has 0 aliphatic carbocycles. The number of anilines is 1. The number of halogens is 1. The average Bonchev–Trinajstić information content (AvgIpc) is 2.30. The van der Waals surface area contributed by atoms with Gasteiger partial charge in [0, 0.05) is 25.8 Å². The van der Waals surface area contributed by atoms with Crippen molar-refractivity contribution < 1.29 is 4.74 Å². The van der Waals surface area contributed by atoms with E-state index in [1.165, 1.54) is 0 Å². The molecule has 0 saturated carbocycles. The van der Waals surface area contributed by atoms with Gasteiger partial charge in [-0.25, -0.2) is 0 Å². The third-order valence-electron chi connectivity index (χ3n) is 2.34. The van der Waals surface area contributed by atoms with E-state index in [0.29, 0.717) is 10.0 Å². The van der Waals surface area contributed by atoms with Gasteiger partial charge in [-0.3, -0.25) is 0 Å². The first-order chi connectivity index (χ1) is 8.15. The Morgan fingerprint density at radius 1 is 1.47 bits per heavy atom. The van der Waals surface area contributed by atoms with Gasteiger partial charge < -0.3 is 15.8 Å². The van der Waals surface area contributed by atoms with E-state index in [9.17, 15) is 0 Å². The fourth-order valence-electron chi connectivity index (χ4n) is 1.41. The zero-order valence-electron chi connectivity index (χ0n) is 9.83. The number of hydrogen-bond donors (Lipinski definition) is 2. The SMILES string of the molecule is COCCCCNc1ccc(C(N)=S)cc1Cl. The van der Waals surface area contributed by atoms with Crippen LogP contribution < -0.4 is 11.1 Å². The van der Waals surface area contributed by atoms with E-state index in [0.717, 1.165) is 37.2 Å². The number of nitrogens with one attached hydrogen (secondary N) is 1. The van der Waals surface area contributed by atoms with Crippen LogP contribution in [0.15, 0.2) is 18.2 Å². The summed E-state index contributed by atoms with van der Waals surface area (Å²) in [6, 6.07) is 5.54. The molecule has 0 saturated heterocycles. The molecule has 17 heavy (non-hydrogen) atoms. The lowest BCUT2D eigenvalue weighted by Crippen LogP contribution is -2.10. The summed E-state index contributed by atoms with van der Waals surface area (Å²) in [5.41, 5.74) is 7.22. The predicted octanol–water partition coefficient (Wildman–Crippen LogP) is 2.81. The number of hydrogen-bond acceptors (Lipinski definition) is 3. The molecular weight excluding hydrogens is 256 g/mol. The fraction of sp³-hybridized carbons (Fsp3) is 0.417. The van der Waals surface area contributed by atoms with Crippen LogP contribution in [0.5, 0.6) is 0 Å². The Labute approximate surface area is 112 Å². The molecule has 0 radical (unpaired) electrons. The molecule has 0 amide bonds. The largest absolute Gasteiger partial charge is 0.389 e. The van der Waals surface area contributed by atoms with Crippen molar-refractivity contribution in [2.45, 2.75) is 12.8 Å². The molecule has 1 aromatic rings. The van der Waals surface area contributed by atoms with Crippen molar-refractivity contribution in [1.29, 1.82) is 0 Å². The third kappa shape index (κ3) is 4.89. The van der Waals surface area contributed by atoms with Gasteiger partial charge in [0.1, 0.15) is 4.99 Å². The topological polar surface area (TPSA) is 47.3 Å². The molecule has 3 N–H and O–H groups in total. The molecule has 0 aliphatic rings. The zero-order valence-corrected chi connectivity index (χ0v) is 11.4. The highest BCUT2D eigenvalue weighted by atomic mass is 35.5. The highest BCUT2D eigenvalue weighted by Crippen LogP contribution is 2.23. The molecular formula is C12H17ClN2OS. The number of methoxy groups -OCH3 is 1. The molecule has 94 valence electrons.